The van der Waals surface area contributed by atoms with Crippen molar-refractivity contribution < 1.29 is 9.15 Å². The van der Waals surface area contributed by atoms with Crippen LogP contribution in [0.15, 0.2) is 235 Å². The lowest BCUT2D eigenvalue weighted by atomic mass is 9.58. The normalized spacial score (nSPS) is 17.5. The zero-order valence-electron chi connectivity index (χ0n) is 35.9. The third kappa shape index (κ3) is 5.31. The zero-order chi connectivity index (χ0) is 43.3. The Hall–Kier alpha value is -8.40. The first-order valence-electron chi connectivity index (χ1n) is 22.9. The highest BCUT2D eigenvalue weighted by atomic mass is 16.5. The van der Waals surface area contributed by atoms with E-state index in [2.05, 4.69) is 235 Å². The molecule has 0 fully saturated rings. The van der Waals surface area contributed by atoms with Gasteiger partial charge in [0.1, 0.15) is 17.4 Å². The molecular formula is C63H41NO2. The SMILES string of the molecule is C1=CC2C(Oc3c(ccc4ccccc34)C23c2ccccc2-c2cc(-c4ccc(N(c5cccc(-c6ccccc6)c5)c5cccc6c5oc5ccccc56)cc4)ccc23)c2ccccc21. The highest BCUT2D eigenvalue weighted by molar-refractivity contribution is 6.10. The number of hydrogen-bond donors (Lipinski definition) is 0. The molecule has 0 radical (unpaired) electrons. The Morgan fingerprint density at radius 2 is 1.12 bits per heavy atom. The molecule has 310 valence electrons. The number of para-hydroxylation sites is 2. The molecule has 66 heavy (non-hydrogen) atoms. The van der Waals surface area contributed by atoms with Crippen LogP contribution in [0.25, 0.3) is 72.2 Å². The quantitative estimate of drug-likeness (QED) is 0.173. The highest BCUT2D eigenvalue weighted by Crippen LogP contribution is 2.65. The van der Waals surface area contributed by atoms with Crippen LogP contribution in [-0.4, -0.2) is 0 Å². The molecule has 1 aromatic heterocycles. The summed E-state index contributed by atoms with van der Waals surface area (Å²) in [4.78, 5) is 2.34. The van der Waals surface area contributed by atoms with E-state index in [0.29, 0.717) is 0 Å². The van der Waals surface area contributed by atoms with Gasteiger partial charge in [0.25, 0.3) is 0 Å². The fraction of sp³-hybridized carbons (Fsp3) is 0.0476. The molecule has 3 nitrogen and oxygen atoms in total. The number of benzene rings is 10. The van der Waals surface area contributed by atoms with Gasteiger partial charge in [0.2, 0.25) is 0 Å². The summed E-state index contributed by atoms with van der Waals surface area (Å²) in [7, 11) is 0. The maximum absolute atomic E-state index is 7.29. The Bertz CT molecular complexity index is 3770. The molecule has 0 saturated heterocycles. The van der Waals surface area contributed by atoms with E-state index in [4.69, 9.17) is 9.15 Å². The molecule has 2 aliphatic carbocycles. The molecule has 0 bridgehead atoms. The second-order valence-corrected chi connectivity index (χ2v) is 17.9. The number of rotatable bonds is 5. The van der Waals surface area contributed by atoms with E-state index in [1.807, 2.05) is 6.07 Å². The largest absolute Gasteiger partial charge is 0.484 e. The van der Waals surface area contributed by atoms with Gasteiger partial charge >= 0.3 is 0 Å². The van der Waals surface area contributed by atoms with Crippen molar-refractivity contribution in [3.8, 4) is 39.1 Å². The lowest BCUT2D eigenvalue weighted by Gasteiger charge is -2.49. The fourth-order valence-electron chi connectivity index (χ4n) is 11.7. The molecule has 0 N–H and O–H groups in total. The molecule has 0 saturated carbocycles. The standard InChI is InChI=1S/C63H41NO2/c1-2-14-40(15-3-1)44-18-12-19-47(38-44)64(58-26-13-24-52-51-23-9-11-27-59(51)65-62(52)58)46-33-28-41(29-34-46)45-32-35-55-53(39-45)50-22-8-10-25-54(50)63(55)56-36-30-42-16-4-6-20-48(42)60(56)66-61-49-21-7-5-17-43(49)31-37-57(61)63/h1-39,56,60H. The van der Waals surface area contributed by atoms with Gasteiger partial charge in [-0.2, -0.15) is 0 Å². The van der Waals surface area contributed by atoms with E-state index in [9.17, 15) is 0 Å². The maximum Gasteiger partial charge on any atom is 0.159 e. The number of nitrogens with zero attached hydrogens (tertiary/aromatic N) is 1. The van der Waals surface area contributed by atoms with Gasteiger partial charge in [0.05, 0.1) is 11.1 Å². The van der Waals surface area contributed by atoms with Crippen LogP contribution in [-0.2, 0) is 5.41 Å². The summed E-state index contributed by atoms with van der Waals surface area (Å²) in [6.45, 7) is 0. The molecule has 2 heterocycles. The van der Waals surface area contributed by atoms with Crippen LogP contribution in [0.5, 0.6) is 5.75 Å². The Morgan fingerprint density at radius 3 is 2.05 bits per heavy atom. The van der Waals surface area contributed by atoms with E-state index in [0.717, 1.165) is 61.3 Å². The molecule has 1 spiro atoms. The predicted molar refractivity (Wildman–Crippen MR) is 271 cm³/mol. The van der Waals surface area contributed by atoms with Gasteiger partial charge in [0, 0.05) is 44.6 Å². The lowest BCUT2D eigenvalue weighted by molar-refractivity contribution is 0.105. The first kappa shape index (κ1) is 37.0. The van der Waals surface area contributed by atoms with Crippen LogP contribution >= 0.6 is 0 Å². The lowest BCUT2D eigenvalue weighted by Crippen LogP contribution is -2.45. The topological polar surface area (TPSA) is 25.6 Å². The second kappa shape index (κ2) is 14.3. The van der Waals surface area contributed by atoms with Gasteiger partial charge in [-0.1, -0.05) is 194 Å². The highest BCUT2D eigenvalue weighted by Gasteiger charge is 2.57. The zero-order valence-corrected chi connectivity index (χ0v) is 35.9. The van der Waals surface area contributed by atoms with Crippen molar-refractivity contribution in [3.05, 3.63) is 258 Å². The molecule has 14 rings (SSSR count). The molecule has 0 amide bonds. The molecule has 3 atom stereocenters. The van der Waals surface area contributed by atoms with E-state index in [-0.39, 0.29) is 12.0 Å². The summed E-state index contributed by atoms with van der Waals surface area (Å²) in [5, 5.41) is 4.55. The van der Waals surface area contributed by atoms with E-state index in [1.165, 1.54) is 55.5 Å². The summed E-state index contributed by atoms with van der Waals surface area (Å²) < 4.78 is 14.0. The van der Waals surface area contributed by atoms with Crippen molar-refractivity contribution in [1.29, 1.82) is 0 Å². The van der Waals surface area contributed by atoms with Gasteiger partial charge in [-0.25, -0.2) is 0 Å². The van der Waals surface area contributed by atoms with Crippen LogP contribution in [0.4, 0.5) is 17.1 Å². The summed E-state index contributed by atoms with van der Waals surface area (Å²) in [5.41, 5.74) is 17.9. The summed E-state index contributed by atoms with van der Waals surface area (Å²) in [6, 6.07) is 81.5. The number of hydrogen-bond acceptors (Lipinski definition) is 3. The average molecular weight is 844 g/mol. The third-order valence-electron chi connectivity index (χ3n) is 14.5. The summed E-state index contributed by atoms with van der Waals surface area (Å²) >= 11 is 0. The minimum Gasteiger partial charge on any atom is -0.484 e. The summed E-state index contributed by atoms with van der Waals surface area (Å²) in [5.74, 6) is 1.02. The molecule has 11 aromatic rings. The van der Waals surface area contributed by atoms with Crippen molar-refractivity contribution in [2.45, 2.75) is 11.5 Å². The van der Waals surface area contributed by atoms with Crippen molar-refractivity contribution >= 4 is 55.8 Å². The minimum absolute atomic E-state index is 0.0381. The molecule has 3 heteroatoms. The van der Waals surface area contributed by atoms with E-state index >= 15 is 0 Å². The monoisotopic (exact) mass is 843 g/mol. The molecular weight excluding hydrogens is 803 g/mol. The van der Waals surface area contributed by atoms with E-state index in [1.54, 1.807) is 0 Å². The van der Waals surface area contributed by atoms with Crippen molar-refractivity contribution in [3.63, 3.8) is 0 Å². The van der Waals surface area contributed by atoms with E-state index < -0.39 is 5.41 Å². The summed E-state index contributed by atoms with van der Waals surface area (Å²) in [6.07, 6.45) is 4.59. The van der Waals surface area contributed by atoms with Crippen LogP contribution in [0.3, 0.4) is 0 Å². The minimum atomic E-state index is -0.465. The fourth-order valence-corrected chi connectivity index (χ4v) is 11.7. The van der Waals surface area contributed by atoms with Crippen molar-refractivity contribution in [1.82, 2.24) is 0 Å². The second-order valence-electron chi connectivity index (χ2n) is 17.9. The number of fused-ring (bicyclic) bond motifs is 16. The van der Waals surface area contributed by atoms with Gasteiger partial charge in [-0.3, -0.25) is 0 Å². The Morgan fingerprint density at radius 1 is 0.439 bits per heavy atom. The Labute approximate surface area is 383 Å². The Balaban J connectivity index is 0.923. The number of ether oxygens (including phenoxy) is 1. The molecule has 3 unspecified atom stereocenters. The first-order chi connectivity index (χ1) is 32.7. The van der Waals surface area contributed by atoms with Crippen molar-refractivity contribution in [2.75, 3.05) is 4.90 Å². The van der Waals surface area contributed by atoms with Gasteiger partial charge in [-0.15, -0.1) is 0 Å². The van der Waals surface area contributed by atoms with Gasteiger partial charge in [0.15, 0.2) is 5.58 Å². The van der Waals surface area contributed by atoms with Gasteiger partial charge in [-0.05, 0) is 97.9 Å². The molecule has 10 aromatic carbocycles. The van der Waals surface area contributed by atoms with Crippen LogP contribution in [0.2, 0.25) is 0 Å². The van der Waals surface area contributed by atoms with Crippen LogP contribution < -0.4 is 9.64 Å². The molecule has 3 aliphatic rings. The smallest absolute Gasteiger partial charge is 0.159 e. The van der Waals surface area contributed by atoms with Crippen LogP contribution in [0, 0.1) is 5.92 Å². The predicted octanol–water partition coefficient (Wildman–Crippen LogP) is 16.6. The average Bonchev–Trinajstić information content (AvgIpc) is 3.91. The number of anilines is 3. The van der Waals surface area contributed by atoms with Crippen LogP contribution in [0.1, 0.15) is 33.9 Å². The molecule has 1 aliphatic heterocycles. The Kier molecular flexibility index (Phi) is 8.02. The first-order valence-corrected chi connectivity index (χ1v) is 22.9. The van der Waals surface area contributed by atoms with Crippen molar-refractivity contribution in [2.24, 2.45) is 5.92 Å². The maximum atomic E-state index is 7.29. The third-order valence-corrected chi connectivity index (χ3v) is 14.5. The van der Waals surface area contributed by atoms with Gasteiger partial charge < -0.3 is 14.1 Å². The number of furan rings is 1.